The van der Waals surface area contributed by atoms with Crippen LogP contribution in [0, 0.1) is 18.3 Å². The zero-order valence-electron chi connectivity index (χ0n) is 14.0. The van der Waals surface area contributed by atoms with Gasteiger partial charge in [-0.2, -0.15) is 5.26 Å². The summed E-state index contributed by atoms with van der Waals surface area (Å²) < 4.78 is 5.14. The van der Waals surface area contributed by atoms with Crippen molar-refractivity contribution in [3.8, 4) is 6.07 Å². The molecule has 3 rings (SSSR count). The van der Waals surface area contributed by atoms with Crippen LogP contribution in [0.25, 0.3) is 10.9 Å². The highest BCUT2D eigenvalue weighted by atomic mass is 16.5. The van der Waals surface area contributed by atoms with Crippen molar-refractivity contribution in [3.05, 3.63) is 71.4 Å². The maximum Gasteiger partial charge on any atom is 0.339 e. The molecule has 1 amide bonds. The SMILES string of the molecule is Cc1cc(C(=O)OCC(=O)Nc2cccc(C#N)c2)c2ccccc2n1. The van der Waals surface area contributed by atoms with E-state index in [1.54, 1.807) is 43.3 Å². The smallest absolute Gasteiger partial charge is 0.339 e. The summed E-state index contributed by atoms with van der Waals surface area (Å²) in [4.78, 5) is 28.8. The fourth-order valence-corrected chi connectivity index (χ4v) is 2.55. The van der Waals surface area contributed by atoms with Gasteiger partial charge in [-0.15, -0.1) is 0 Å². The first-order valence-electron chi connectivity index (χ1n) is 7.90. The first kappa shape index (κ1) is 17.1. The molecule has 0 spiro atoms. The molecule has 128 valence electrons. The molecule has 0 bridgehead atoms. The number of ether oxygens (including phenoxy) is 1. The Labute approximate surface area is 150 Å². The Morgan fingerprint density at radius 3 is 2.77 bits per heavy atom. The van der Waals surface area contributed by atoms with Crippen LogP contribution in [0.1, 0.15) is 21.6 Å². The number of nitrogens with zero attached hydrogens (tertiary/aromatic N) is 2. The lowest BCUT2D eigenvalue weighted by molar-refractivity contribution is -0.119. The Morgan fingerprint density at radius 2 is 1.96 bits per heavy atom. The van der Waals surface area contributed by atoms with Gasteiger partial charge in [0, 0.05) is 16.8 Å². The number of esters is 1. The van der Waals surface area contributed by atoms with E-state index < -0.39 is 18.5 Å². The van der Waals surface area contributed by atoms with Gasteiger partial charge in [-0.25, -0.2) is 4.79 Å². The minimum absolute atomic E-state index is 0.368. The topological polar surface area (TPSA) is 92.1 Å². The third-order valence-electron chi connectivity index (χ3n) is 3.67. The van der Waals surface area contributed by atoms with Gasteiger partial charge in [0.05, 0.1) is 22.7 Å². The van der Waals surface area contributed by atoms with E-state index in [1.165, 1.54) is 0 Å². The lowest BCUT2D eigenvalue weighted by atomic mass is 10.1. The van der Waals surface area contributed by atoms with Gasteiger partial charge >= 0.3 is 5.97 Å². The second-order valence-corrected chi connectivity index (χ2v) is 5.65. The van der Waals surface area contributed by atoms with E-state index in [2.05, 4.69) is 10.3 Å². The van der Waals surface area contributed by atoms with Crippen LogP contribution in [-0.4, -0.2) is 23.5 Å². The van der Waals surface area contributed by atoms with Crippen molar-refractivity contribution in [2.75, 3.05) is 11.9 Å². The summed E-state index contributed by atoms with van der Waals surface area (Å²) in [7, 11) is 0. The summed E-state index contributed by atoms with van der Waals surface area (Å²) in [6.45, 7) is 1.36. The van der Waals surface area contributed by atoms with Gasteiger partial charge in [0.1, 0.15) is 0 Å². The molecule has 1 heterocycles. The third-order valence-corrected chi connectivity index (χ3v) is 3.67. The molecule has 3 aromatic rings. The fraction of sp³-hybridized carbons (Fsp3) is 0.100. The molecular formula is C20H15N3O3. The molecule has 0 fully saturated rings. The molecule has 0 radical (unpaired) electrons. The van der Waals surface area contributed by atoms with Gasteiger partial charge < -0.3 is 10.1 Å². The minimum atomic E-state index is -0.590. The van der Waals surface area contributed by atoms with Crippen LogP contribution in [-0.2, 0) is 9.53 Å². The predicted octanol–water partition coefficient (Wildman–Crippen LogP) is 3.21. The average Bonchev–Trinajstić information content (AvgIpc) is 2.65. The Bertz CT molecular complexity index is 1040. The number of anilines is 1. The Morgan fingerprint density at radius 1 is 1.15 bits per heavy atom. The van der Waals surface area contributed by atoms with Gasteiger partial charge in [-0.1, -0.05) is 24.3 Å². The van der Waals surface area contributed by atoms with Crippen molar-refractivity contribution in [1.29, 1.82) is 5.26 Å². The number of nitriles is 1. The minimum Gasteiger partial charge on any atom is -0.452 e. The number of carbonyl (C=O) groups is 2. The van der Waals surface area contributed by atoms with Crippen molar-refractivity contribution >= 4 is 28.5 Å². The van der Waals surface area contributed by atoms with E-state index in [-0.39, 0.29) is 0 Å². The average molecular weight is 345 g/mol. The molecule has 0 aliphatic carbocycles. The van der Waals surface area contributed by atoms with Crippen molar-refractivity contribution < 1.29 is 14.3 Å². The van der Waals surface area contributed by atoms with Gasteiger partial charge in [-0.3, -0.25) is 9.78 Å². The normalized spacial score (nSPS) is 10.2. The molecular weight excluding hydrogens is 330 g/mol. The molecule has 6 nitrogen and oxygen atoms in total. The van der Waals surface area contributed by atoms with E-state index in [4.69, 9.17) is 10.00 Å². The van der Waals surface area contributed by atoms with Crippen molar-refractivity contribution in [1.82, 2.24) is 4.98 Å². The number of benzene rings is 2. The molecule has 0 aliphatic rings. The molecule has 1 aromatic heterocycles. The summed E-state index contributed by atoms with van der Waals surface area (Å²) in [6.07, 6.45) is 0. The van der Waals surface area contributed by atoms with E-state index in [9.17, 15) is 9.59 Å². The number of aromatic nitrogens is 1. The summed E-state index contributed by atoms with van der Waals surface area (Å²) in [5.74, 6) is -1.07. The molecule has 0 aliphatic heterocycles. The van der Waals surface area contributed by atoms with Gasteiger partial charge in [0.2, 0.25) is 0 Å². The third kappa shape index (κ3) is 3.84. The molecule has 1 N–H and O–H groups in total. The number of hydrogen-bond acceptors (Lipinski definition) is 5. The van der Waals surface area contributed by atoms with E-state index in [1.807, 2.05) is 24.3 Å². The summed E-state index contributed by atoms with van der Waals surface area (Å²) >= 11 is 0. The number of nitrogens with one attached hydrogen (secondary N) is 1. The highest BCUT2D eigenvalue weighted by Crippen LogP contribution is 2.19. The summed E-state index contributed by atoms with van der Waals surface area (Å²) in [6, 6.07) is 17.4. The number of aryl methyl sites for hydroxylation is 1. The van der Waals surface area contributed by atoms with Crippen LogP contribution in [0.4, 0.5) is 5.69 Å². The van der Waals surface area contributed by atoms with E-state index in [0.29, 0.717) is 33.4 Å². The second-order valence-electron chi connectivity index (χ2n) is 5.65. The molecule has 2 aromatic carbocycles. The molecule has 0 saturated heterocycles. The number of amides is 1. The molecule has 0 unspecified atom stereocenters. The van der Waals surface area contributed by atoms with Gasteiger partial charge in [-0.05, 0) is 37.3 Å². The maximum absolute atomic E-state index is 12.4. The van der Waals surface area contributed by atoms with Crippen molar-refractivity contribution in [2.24, 2.45) is 0 Å². The molecule has 26 heavy (non-hydrogen) atoms. The molecule has 6 heteroatoms. The van der Waals surface area contributed by atoms with Gasteiger partial charge in [0.25, 0.3) is 5.91 Å². The largest absolute Gasteiger partial charge is 0.452 e. The Kier molecular flexibility index (Phi) is 4.90. The predicted molar refractivity (Wildman–Crippen MR) is 96.5 cm³/mol. The van der Waals surface area contributed by atoms with Crippen LogP contribution in [0.2, 0.25) is 0 Å². The monoisotopic (exact) mass is 345 g/mol. The quantitative estimate of drug-likeness (QED) is 0.733. The van der Waals surface area contributed by atoms with Crippen LogP contribution >= 0.6 is 0 Å². The molecule has 0 atom stereocenters. The number of pyridine rings is 1. The van der Waals surface area contributed by atoms with Crippen LogP contribution < -0.4 is 5.32 Å². The second kappa shape index (κ2) is 7.45. The number of para-hydroxylation sites is 1. The van der Waals surface area contributed by atoms with Crippen molar-refractivity contribution in [3.63, 3.8) is 0 Å². The number of rotatable bonds is 4. The summed E-state index contributed by atoms with van der Waals surface area (Å²) in [5, 5.41) is 12.1. The molecule has 0 saturated carbocycles. The Balaban J connectivity index is 1.69. The zero-order valence-corrected chi connectivity index (χ0v) is 14.0. The first-order valence-corrected chi connectivity index (χ1v) is 7.90. The van der Waals surface area contributed by atoms with E-state index in [0.717, 1.165) is 0 Å². The number of carbonyl (C=O) groups excluding carboxylic acids is 2. The number of fused-ring (bicyclic) bond motifs is 1. The highest BCUT2D eigenvalue weighted by molar-refractivity contribution is 6.04. The number of hydrogen-bond donors (Lipinski definition) is 1. The van der Waals surface area contributed by atoms with E-state index >= 15 is 0 Å². The lowest BCUT2D eigenvalue weighted by Crippen LogP contribution is -2.21. The van der Waals surface area contributed by atoms with Crippen LogP contribution in [0.15, 0.2) is 54.6 Å². The fourth-order valence-electron chi connectivity index (χ4n) is 2.55. The summed E-state index contributed by atoms with van der Waals surface area (Å²) in [5.41, 5.74) is 2.65. The standard InChI is InChI=1S/C20H15N3O3/c1-13-9-17(16-7-2-3-8-18(16)22-13)20(25)26-12-19(24)23-15-6-4-5-14(10-15)11-21/h2-10H,12H2,1H3,(H,23,24). The first-order chi connectivity index (χ1) is 12.6. The van der Waals surface area contributed by atoms with Crippen molar-refractivity contribution in [2.45, 2.75) is 6.92 Å². The maximum atomic E-state index is 12.4. The lowest BCUT2D eigenvalue weighted by Gasteiger charge is -2.09. The Hall–Kier alpha value is -3.72. The van der Waals surface area contributed by atoms with Gasteiger partial charge in [0.15, 0.2) is 6.61 Å². The zero-order chi connectivity index (χ0) is 18.5. The highest BCUT2D eigenvalue weighted by Gasteiger charge is 2.15. The van der Waals surface area contributed by atoms with Crippen LogP contribution in [0.3, 0.4) is 0 Å². The van der Waals surface area contributed by atoms with Crippen LogP contribution in [0.5, 0.6) is 0 Å².